The Morgan fingerprint density at radius 3 is 3.00 bits per heavy atom. The van der Waals surface area contributed by atoms with E-state index in [1.807, 2.05) is 0 Å². The van der Waals surface area contributed by atoms with E-state index in [9.17, 15) is 4.39 Å². The highest BCUT2D eigenvalue weighted by atomic mass is 19.1. The summed E-state index contributed by atoms with van der Waals surface area (Å²) in [5.74, 6) is -0.292. The van der Waals surface area contributed by atoms with Gasteiger partial charge in [0.1, 0.15) is 5.82 Å². The van der Waals surface area contributed by atoms with E-state index in [0.717, 1.165) is 5.56 Å². The minimum Gasteiger partial charge on any atom is -0.261 e. The molecule has 1 nitrogen and oxygen atoms in total. The Morgan fingerprint density at radius 2 is 2.40 bits per heavy atom. The van der Waals surface area contributed by atoms with Crippen molar-refractivity contribution < 1.29 is 4.39 Å². The van der Waals surface area contributed by atoms with Gasteiger partial charge in [0.2, 0.25) is 0 Å². The second-order valence-electron chi connectivity index (χ2n) is 2.00. The summed E-state index contributed by atoms with van der Waals surface area (Å²) in [5, 5.41) is 0. The van der Waals surface area contributed by atoms with Crippen LogP contribution in [0.5, 0.6) is 0 Å². The van der Waals surface area contributed by atoms with Crippen molar-refractivity contribution in [2.75, 3.05) is 0 Å². The van der Waals surface area contributed by atoms with Crippen molar-refractivity contribution in [1.29, 1.82) is 0 Å². The third-order valence-electron chi connectivity index (χ3n) is 1.14. The molecular formula is C8H8FN. The smallest absolute Gasteiger partial charge is 0.141 e. The zero-order valence-electron chi connectivity index (χ0n) is 5.55. The second-order valence-corrected chi connectivity index (χ2v) is 2.00. The number of hydrogen-bond acceptors (Lipinski definition) is 1. The van der Waals surface area contributed by atoms with Gasteiger partial charge in [-0.2, -0.15) is 0 Å². The van der Waals surface area contributed by atoms with E-state index in [1.54, 1.807) is 12.3 Å². The molecule has 0 aliphatic carbocycles. The molecule has 0 saturated heterocycles. The van der Waals surface area contributed by atoms with E-state index in [4.69, 9.17) is 0 Å². The zero-order valence-corrected chi connectivity index (χ0v) is 5.55. The fourth-order valence-electron chi connectivity index (χ4n) is 0.734. The molecule has 1 aromatic rings. The van der Waals surface area contributed by atoms with Gasteiger partial charge in [0, 0.05) is 6.20 Å². The van der Waals surface area contributed by atoms with Gasteiger partial charge in [0.25, 0.3) is 0 Å². The number of hydrogen-bond donors (Lipinski definition) is 0. The number of rotatable bonds is 2. The molecular weight excluding hydrogens is 129 g/mol. The summed E-state index contributed by atoms with van der Waals surface area (Å²) >= 11 is 0. The lowest BCUT2D eigenvalue weighted by Gasteiger charge is -1.93. The third-order valence-corrected chi connectivity index (χ3v) is 1.14. The van der Waals surface area contributed by atoms with Crippen molar-refractivity contribution in [3.63, 3.8) is 0 Å². The van der Waals surface area contributed by atoms with Gasteiger partial charge in [0.15, 0.2) is 0 Å². The molecule has 1 aromatic heterocycles. The summed E-state index contributed by atoms with van der Waals surface area (Å²) in [7, 11) is 0. The molecule has 0 aromatic carbocycles. The first-order chi connectivity index (χ1) is 4.83. The van der Waals surface area contributed by atoms with Crippen LogP contribution in [0.4, 0.5) is 4.39 Å². The summed E-state index contributed by atoms with van der Waals surface area (Å²) < 4.78 is 12.4. The molecule has 2 heteroatoms. The van der Waals surface area contributed by atoms with Crippen molar-refractivity contribution in [1.82, 2.24) is 4.98 Å². The maximum atomic E-state index is 12.4. The first-order valence-electron chi connectivity index (χ1n) is 3.03. The van der Waals surface area contributed by atoms with Crippen molar-refractivity contribution >= 4 is 0 Å². The molecule has 0 aliphatic heterocycles. The van der Waals surface area contributed by atoms with E-state index < -0.39 is 0 Å². The first-order valence-corrected chi connectivity index (χ1v) is 3.03. The van der Waals surface area contributed by atoms with E-state index in [-0.39, 0.29) is 5.82 Å². The second kappa shape index (κ2) is 3.11. The van der Waals surface area contributed by atoms with E-state index in [0.29, 0.717) is 6.42 Å². The van der Waals surface area contributed by atoms with Gasteiger partial charge in [-0.3, -0.25) is 4.98 Å². The lowest BCUT2D eigenvalue weighted by atomic mass is 10.2. The van der Waals surface area contributed by atoms with Crippen LogP contribution in [0.2, 0.25) is 0 Å². The Bertz CT molecular complexity index is 232. The monoisotopic (exact) mass is 137 g/mol. The standard InChI is InChI=1S/C8H8FN/c1-2-3-7-4-8(9)6-10-5-7/h2,4-6H,1,3H2. The van der Waals surface area contributed by atoms with Crippen molar-refractivity contribution in [3.8, 4) is 0 Å². The van der Waals surface area contributed by atoms with Crippen LogP contribution in [-0.2, 0) is 6.42 Å². The van der Waals surface area contributed by atoms with Gasteiger partial charge in [-0.1, -0.05) is 6.08 Å². The summed E-state index contributed by atoms with van der Waals surface area (Å²) in [6.07, 6.45) is 5.21. The Balaban J connectivity index is 2.84. The van der Waals surface area contributed by atoms with E-state index in [1.165, 1.54) is 12.3 Å². The number of halogens is 1. The van der Waals surface area contributed by atoms with Gasteiger partial charge in [-0.15, -0.1) is 6.58 Å². The lowest BCUT2D eigenvalue weighted by molar-refractivity contribution is 0.619. The van der Waals surface area contributed by atoms with E-state index >= 15 is 0 Å². The van der Waals surface area contributed by atoms with Crippen LogP contribution in [0, 0.1) is 5.82 Å². The first kappa shape index (κ1) is 6.93. The Morgan fingerprint density at radius 1 is 1.60 bits per heavy atom. The van der Waals surface area contributed by atoms with E-state index in [2.05, 4.69) is 11.6 Å². The van der Waals surface area contributed by atoms with Crippen LogP contribution in [0.15, 0.2) is 31.1 Å². The molecule has 0 bridgehead atoms. The summed E-state index contributed by atoms with van der Waals surface area (Å²) in [5.41, 5.74) is 0.856. The molecule has 1 heterocycles. The Kier molecular flexibility index (Phi) is 2.15. The molecule has 0 N–H and O–H groups in total. The quantitative estimate of drug-likeness (QED) is 0.568. The molecule has 0 atom stereocenters. The number of allylic oxidation sites excluding steroid dienone is 1. The van der Waals surface area contributed by atoms with Gasteiger partial charge in [0.05, 0.1) is 6.20 Å². The fourth-order valence-corrected chi connectivity index (χ4v) is 0.734. The molecule has 0 unspecified atom stereocenters. The summed E-state index contributed by atoms with van der Waals surface area (Å²) in [6.45, 7) is 3.54. The molecule has 0 spiro atoms. The van der Waals surface area contributed by atoms with Crippen molar-refractivity contribution in [3.05, 3.63) is 42.5 Å². The van der Waals surface area contributed by atoms with Crippen LogP contribution >= 0.6 is 0 Å². The van der Waals surface area contributed by atoms with Crippen LogP contribution in [-0.4, -0.2) is 4.98 Å². The van der Waals surface area contributed by atoms with Gasteiger partial charge >= 0.3 is 0 Å². The highest BCUT2D eigenvalue weighted by Gasteiger charge is 1.91. The van der Waals surface area contributed by atoms with Crippen LogP contribution in [0.25, 0.3) is 0 Å². The van der Waals surface area contributed by atoms with Crippen LogP contribution in [0.1, 0.15) is 5.56 Å². The number of pyridine rings is 1. The summed E-state index contributed by atoms with van der Waals surface area (Å²) in [6, 6.07) is 1.45. The van der Waals surface area contributed by atoms with Gasteiger partial charge in [-0.05, 0) is 18.1 Å². The van der Waals surface area contributed by atoms with Crippen molar-refractivity contribution in [2.45, 2.75) is 6.42 Å². The van der Waals surface area contributed by atoms with Gasteiger partial charge < -0.3 is 0 Å². The lowest BCUT2D eigenvalue weighted by Crippen LogP contribution is -1.84. The average molecular weight is 137 g/mol. The molecule has 0 amide bonds. The molecule has 52 valence electrons. The zero-order chi connectivity index (χ0) is 7.40. The maximum Gasteiger partial charge on any atom is 0.141 e. The average Bonchev–Trinajstić information content (AvgIpc) is 1.88. The van der Waals surface area contributed by atoms with Crippen LogP contribution < -0.4 is 0 Å². The summed E-state index contributed by atoms with van der Waals surface area (Å²) in [4.78, 5) is 3.68. The molecule has 0 saturated carbocycles. The highest BCUT2D eigenvalue weighted by molar-refractivity contribution is 5.12. The minimum absolute atomic E-state index is 0.292. The minimum atomic E-state index is -0.292. The predicted octanol–water partition coefficient (Wildman–Crippen LogP) is 1.95. The Labute approximate surface area is 59.2 Å². The SMILES string of the molecule is C=CCc1cncc(F)c1. The topological polar surface area (TPSA) is 12.9 Å². The predicted molar refractivity (Wildman–Crippen MR) is 38.1 cm³/mol. The van der Waals surface area contributed by atoms with Crippen LogP contribution in [0.3, 0.4) is 0 Å². The highest BCUT2D eigenvalue weighted by Crippen LogP contribution is 2.01. The number of nitrogens with zero attached hydrogens (tertiary/aromatic N) is 1. The molecule has 0 aliphatic rings. The fraction of sp³-hybridized carbons (Fsp3) is 0.125. The molecule has 1 rings (SSSR count). The van der Waals surface area contributed by atoms with Gasteiger partial charge in [-0.25, -0.2) is 4.39 Å². The molecule has 0 fully saturated rings. The third kappa shape index (κ3) is 1.65. The molecule has 10 heavy (non-hydrogen) atoms. The largest absolute Gasteiger partial charge is 0.261 e. The number of aromatic nitrogens is 1. The molecule has 0 radical (unpaired) electrons. The Hall–Kier alpha value is -1.18. The maximum absolute atomic E-state index is 12.4. The normalized spacial score (nSPS) is 9.30. The van der Waals surface area contributed by atoms with Crippen molar-refractivity contribution in [2.24, 2.45) is 0 Å².